The number of carbonyl (C=O) groups is 1. The van der Waals surface area contributed by atoms with Gasteiger partial charge in [0.15, 0.2) is 0 Å². The lowest BCUT2D eigenvalue weighted by atomic mass is 9.95. The largest absolute Gasteiger partial charge is 0.491 e. The molecular formula is C31H38FNO8S. The van der Waals surface area contributed by atoms with Crippen LogP contribution in [0.4, 0.5) is 10.1 Å². The molecule has 0 spiro atoms. The molecule has 0 saturated carbocycles. The van der Waals surface area contributed by atoms with Crippen molar-refractivity contribution >= 4 is 21.8 Å². The molecule has 1 heterocycles. The molecule has 3 aromatic carbocycles. The summed E-state index contributed by atoms with van der Waals surface area (Å²) in [6.07, 6.45) is 1.59. The molecule has 0 unspecified atom stereocenters. The van der Waals surface area contributed by atoms with Crippen molar-refractivity contribution in [3.8, 4) is 22.6 Å². The first kappa shape index (κ1) is 32.8. The molecular weight excluding hydrogens is 565 g/mol. The molecule has 0 atom stereocenters. The summed E-state index contributed by atoms with van der Waals surface area (Å²) in [7, 11) is -3.67. The number of aliphatic carboxylic acids is 1. The van der Waals surface area contributed by atoms with Crippen LogP contribution in [0.25, 0.3) is 11.1 Å². The first-order valence-electron chi connectivity index (χ1n) is 13.6. The van der Waals surface area contributed by atoms with Crippen LogP contribution in [0.3, 0.4) is 0 Å². The Kier molecular flexibility index (Phi) is 11.3. The van der Waals surface area contributed by atoms with Crippen LogP contribution in [-0.4, -0.2) is 55.7 Å². The van der Waals surface area contributed by atoms with E-state index in [1.54, 1.807) is 12.1 Å². The third-order valence-corrected chi connectivity index (χ3v) is 6.24. The van der Waals surface area contributed by atoms with Gasteiger partial charge in [0.25, 0.3) is 10.1 Å². The van der Waals surface area contributed by atoms with E-state index in [1.807, 2.05) is 31.2 Å². The van der Waals surface area contributed by atoms with Crippen LogP contribution in [0.2, 0.25) is 0 Å². The molecule has 3 N–H and O–H groups in total. The van der Waals surface area contributed by atoms with E-state index in [9.17, 15) is 17.6 Å². The summed E-state index contributed by atoms with van der Waals surface area (Å²) in [5.74, 6) is 0.338. The maximum atomic E-state index is 14.5. The number of fused-ring (bicyclic) bond motifs is 1. The van der Waals surface area contributed by atoms with Crippen molar-refractivity contribution in [3.63, 3.8) is 0 Å². The zero-order valence-corrected chi connectivity index (χ0v) is 25.1. The van der Waals surface area contributed by atoms with Crippen LogP contribution in [0.5, 0.6) is 11.5 Å². The number of halogens is 1. The van der Waals surface area contributed by atoms with Gasteiger partial charge in [0.05, 0.1) is 12.9 Å². The number of anilines is 1. The Balaban J connectivity index is 0.000000892. The Morgan fingerprint density at radius 1 is 1.10 bits per heavy atom. The number of rotatable bonds is 12. The smallest absolute Gasteiger partial charge is 0.303 e. The Morgan fingerprint density at radius 2 is 1.79 bits per heavy atom. The number of ether oxygens (including phenoxy) is 3. The predicted octanol–water partition coefficient (Wildman–Crippen LogP) is 5.75. The highest BCUT2D eigenvalue weighted by Gasteiger charge is 2.32. The summed E-state index contributed by atoms with van der Waals surface area (Å²) >= 11 is 0. The Labute approximate surface area is 246 Å². The summed E-state index contributed by atoms with van der Waals surface area (Å²) in [4.78, 5) is 10.8. The molecule has 4 rings (SSSR count). The summed E-state index contributed by atoms with van der Waals surface area (Å²) in [5, 5.41) is 12.1. The second kappa shape index (κ2) is 14.5. The van der Waals surface area contributed by atoms with Gasteiger partial charge in [0, 0.05) is 37.2 Å². The first-order chi connectivity index (χ1) is 19.7. The topological polar surface area (TPSA) is 131 Å². The molecule has 0 fully saturated rings. The minimum atomic E-state index is -3.67. The van der Waals surface area contributed by atoms with E-state index in [0.29, 0.717) is 43.9 Å². The van der Waals surface area contributed by atoms with Gasteiger partial charge in [-0.05, 0) is 79.8 Å². The lowest BCUT2D eigenvalue weighted by Crippen LogP contribution is -2.24. The molecule has 3 aromatic rings. The summed E-state index contributed by atoms with van der Waals surface area (Å²) < 4.78 is 57.7. The van der Waals surface area contributed by atoms with Gasteiger partial charge in [0.2, 0.25) is 0 Å². The first-order valence-corrected chi connectivity index (χ1v) is 15.4. The van der Waals surface area contributed by atoms with E-state index in [-0.39, 0.29) is 18.4 Å². The molecule has 0 amide bonds. The Hall–Kier alpha value is -3.67. The van der Waals surface area contributed by atoms with Gasteiger partial charge < -0.3 is 24.6 Å². The van der Waals surface area contributed by atoms with Gasteiger partial charge >= 0.3 is 5.97 Å². The molecule has 1 aliphatic rings. The van der Waals surface area contributed by atoms with Gasteiger partial charge in [0.1, 0.15) is 29.5 Å². The van der Waals surface area contributed by atoms with Crippen LogP contribution in [0, 0.1) is 5.82 Å². The molecule has 42 heavy (non-hydrogen) atoms. The molecule has 0 bridgehead atoms. The van der Waals surface area contributed by atoms with Gasteiger partial charge in [-0.1, -0.05) is 24.3 Å². The number of aryl methyl sites for hydroxylation is 1. The minimum absolute atomic E-state index is 0.0968. The molecule has 0 aromatic heterocycles. The monoisotopic (exact) mass is 603 g/mol. The van der Waals surface area contributed by atoms with Crippen LogP contribution in [-0.2, 0) is 39.0 Å². The maximum Gasteiger partial charge on any atom is 0.303 e. The van der Waals surface area contributed by atoms with Crippen molar-refractivity contribution in [1.82, 2.24) is 0 Å². The van der Waals surface area contributed by atoms with Crippen LogP contribution < -0.4 is 14.8 Å². The average molecular weight is 604 g/mol. The molecule has 1 aliphatic heterocycles. The van der Waals surface area contributed by atoms with Crippen molar-refractivity contribution in [2.24, 2.45) is 0 Å². The van der Waals surface area contributed by atoms with Crippen molar-refractivity contribution < 1.29 is 41.5 Å². The number of hydrogen-bond acceptors (Lipinski definition) is 7. The zero-order chi connectivity index (χ0) is 30.9. The van der Waals surface area contributed by atoms with Gasteiger partial charge in [-0.2, -0.15) is 8.42 Å². The molecule has 9 nitrogen and oxygen atoms in total. The number of hydrogen-bond donors (Lipinski definition) is 3. The van der Waals surface area contributed by atoms with Crippen LogP contribution >= 0.6 is 0 Å². The highest BCUT2D eigenvalue weighted by molar-refractivity contribution is 7.85. The third-order valence-electron chi connectivity index (χ3n) is 6.24. The number of carboxylic acids is 1. The van der Waals surface area contributed by atoms with Crippen LogP contribution in [0.1, 0.15) is 43.9 Å². The van der Waals surface area contributed by atoms with E-state index in [2.05, 4.69) is 31.3 Å². The minimum Gasteiger partial charge on any atom is -0.491 e. The van der Waals surface area contributed by atoms with Crippen LogP contribution in [0.15, 0.2) is 54.6 Å². The number of carboxylic acid groups (broad SMARTS) is 1. The lowest BCUT2D eigenvalue weighted by molar-refractivity contribution is -0.136. The highest BCUT2D eigenvalue weighted by atomic mass is 32.2. The van der Waals surface area contributed by atoms with E-state index < -0.39 is 21.9 Å². The Bertz CT molecular complexity index is 1460. The Morgan fingerprint density at radius 3 is 2.40 bits per heavy atom. The third kappa shape index (κ3) is 10.6. The molecule has 0 aliphatic carbocycles. The summed E-state index contributed by atoms with van der Waals surface area (Å²) in [5.41, 5.74) is 4.99. The van der Waals surface area contributed by atoms with Crippen molar-refractivity contribution in [2.45, 2.75) is 52.2 Å². The lowest BCUT2D eigenvalue weighted by Gasteiger charge is -2.19. The molecule has 0 saturated heterocycles. The number of nitrogens with one attached hydrogen (secondary N) is 1. The van der Waals surface area contributed by atoms with Crippen molar-refractivity contribution in [3.05, 3.63) is 77.1 Å². The van der Waals surface area contributed by atoms with E-state index >= 15 is 0 Å². The maximum absolute atomic E-state index is 14.5. The van der Waals surface area contributed by atoms with E-state index in [1.165, 1.54) is 6.07 Å². The highest BCUT2D eigenvalue weighted by Crippen LogP contribution is 2.43. The van der Waals surface area contributed by atoms with Gasteiger partial charge in [-0.25, -0.2) is 4.39 Å². The quantitative estimate of drug-likeness (QED) is 0.175. The summed E-state index contributed by atoms with van der Waals surface area (Å²) in [6, 6.07) is 17.1. The normalized spacial score (nSPS) is 13.4. The van der Waals surface area contributed by atoms with E-state index in [4.69, 9.17) is 23.9 Å². The SMILES string of the molecule is CCOCCOc1ccc(-c2cc(CNc3ccc(CCC(=O)O)c(F)c3)cc3c2OC(C)(C)C3)cc1.CS(=O)(=O)O. The van der Waals surface area contributed by atoms with Crippen molar-refractivity contribution in [1.29, 1.82) is 0 Å². The van der Waals surface area contributed by atoms with Gasteiger partial charge in [-0.3, -0.25) is 9.35 Å². The molecule has 0 radical (unpaired) electrons. The second-order valence-electron chi connectivity index (χ2n) is 10.5. The second-order valence-corrected chi connectivity index (χ2v) is 12.0. The fraction of sp³-hybridized carbons (Fsp3) is 0.387. The van der Waals surface area contributed by atoms with Crippen molar-refractivity contribution in [2.75, 3.05) is 31.4 Å². The summed E-state index contributed by atoms with van der Waals surface area (Å²) in [6.45, 7) is 8.35. The number of benzene rings is 3. The average Bonchev–Trinajstić information content (AvgIpc) is 3.22. The predicted molar refractivity (Wildman–Crippen MR) is 159 cm³/mol. The fourth-order valence-electron chi connectivity index (χ4n) is 4.49. The fourth-order valence-corrected chi connectivity index (χ4v) is 4.49. The standard InChI is InChI=1S/C30H34FNO5.CH4O3S/c1-4-35-13-14-36-25-10-6-21(7-11-25)26-16-20(15-23-18-30(2,3)37-29(23)26)19-32-24-9-5-22(27(31)17-24)8-12-28(33)34;1-5(2,3)4/h5-7,9-11,15-17,32H,4,8,12-14,18-19H2,1-3H3,(H,33,34);1H3,(H,2,3,4). The zero-order valence-electron chi connectivity index (χ0n) is 24.3. The van der Waals surface area contributed by atoms with Gasteiger partial charge in [-0.15, -0.1) is 0 Å². The molecule has 11 heteroatoms. The molecule has 228 valence electrons. The van der Waals surface area contributed by atoms with E-state index in [0.717, 1.165) is 40.2 Å².